The first kappa shape index (κ1) is 20.6. The van der Waals surface area contributed by atoms with Crippen LogP contribution in [0, 0.1) is 0 Å². The van der Waals surface area contributed by atoms with E-state index in [9.17, 15) is 0 Å². The largest absolute Gasteiger partial charge is 0.383 e. The van der Waals surface area contributed by atoms with Gasteiger partial charge in [0.05, 0.1) is 34.9 Å². The first-order valence-electron chi connectivity index (χ1n) is 11.6. The van der Waals surface area contributed by atoms with Crippen molar-refractivity contribution in [3.8, 4) is 0 Å². The Balaban J connectivity index is 1.67. The van der Waals surface area contributed by atoms with E-state index in [0.29, 0.717) is 0 Å². The van der Waals surface area contributed by atoms with Gasteiger partial charge >= 0.3 is 0 Å². The Morgan fingerprint density at radius 1 is 0.567 bits per heavy atom. The minimum atomic E-state index is 0.230. The van der Waals surface area contributed by atoms with Gasteiger partial charge in [0.25, 0.3) is 0 Å². The third-order valence-electron chi connectivity index (χ3n) is 6.07. The lowest BCUT2D eigenvalue weighted by atomic mass is 9.90. The molecule has 2 atom stereocenters. The molecule has 0 amide bonds. The molecule has 0 radical (unpaired) electrons. The standard InChI is InChI=1S/C26H34N4/c1-2-12-20-28-22-14-6-4-8-16-24(22)30-26-18-10-9-17-25(26)29-23-15-7-3-5-13-21(23)27-19-11-1/h3-8,13-16,25-28H,1-2,9-12,17-20H2/t25-,26-/m1/s1. The average Bonchev–Trinajstić information content (AvgIpc) is 3.11. The number of nitrogens with one attached hydrogen (secondary N) is 2. The molecule has 2 N–H and O–H groups in total. The van der Waals surface area contributed by atoms with Gasteiger partial charge in [-0.2, -0.15) is 0 Å². The van der Waals surface area contributed by atoms with Crippen LogP contribution in [0.2, 0.25) is 0 Å². The van der Waals surface area contributed by atoms with Gasteiger partial charge in [-0.1, -0.05) is 62.1 Å². The van der Waals surface area contributed by atoms with E-state index in [4.69, 9.17) is 9.98 Å². The van der Waals surface area contributed by atoms with Gasteiger partial charge in [0, 0.05) is 13.1 Å². The van der Waals surface area contributed by atoms with Gasteiger partial charge in [-0.15, -0.1) is 0 Å². The highest BCUT2D eigenvalue weighted by molar-refractivity contribution is 6.09. The van der Waals surface area contributed by atoms with Crippen molar-refractivity contribution in [1.82, 2.24) is 10.6 Å². The number of allylic oxidation sites excluding steroid dienone is 10. The van der Waals surface area contributed by atoms with Crippen molar-refractivity contribution in [1.29, 1.82) is 0 Å². The second kappa shape index (κ2) is 11.0. The maximum absolute atomic E-state index is 5.24. The van der Waals surface area contributed by atoms with E-state index in [1.165, 1.54) is 38.5 Å². The van der Waals surface area contributed by atoms with Crippen molar-refractivity contribution in [3.63, 3.8) is 0 Å². The molecule has 158 valence electrons. The Kier molecular flexibility index (Phi) is 7.54. The van der Waals surface area contributed by atoms with Crippen LogP contribution in [0.15, 0.2) is 82.1 Å². The number of hydrogen-bond donors (Lipinski definition) is 2. The van der Waals surface area contributed by atoms with Gasteiger partial charge in [0.1, 0.15) is 0 Å². The third kappa shape index (κ3) is 5.71. The van der Waals surface area contributed by atoms with Gasteiger partial charge in [0.15, 0.2) is 0 Å². The summed E-state index contributed by atoms with van der Waals surface area (Å²) in [6, 6.07) is 0.459. The normalized spacial score (nSPS) is 27.5. The zero-order valence-electron chi connectivity index (χ0n) is 17.9. The van der Waals surface area contributed by atoms with E-state index in [0.717, 1.165) is 48.7 Å². The minimum absolute atomic E-state index is 0.230. The third-order valence-corrected chi connectivity index (χ3v) is 6.07. The summed E-state index contributed by atoms with van der Waals surface area (Å²) in [5, 5.41) is 7.28. The van der Waals surface area contributed by atoms with Crippen molar-refractivity contribution in [2.45, 2.75) is 63.5 Å². The molecule has 0 bridgehead atoms. The monoisotopic (exact) mass is 402 g/mol. The highest BCUT2D eigenvalue weighted by atomic mass is 15.0. The summed E-state index contributed by atoms with van der Waals surface area (Å²) in [5.74, 6) is 0. The van der Waals surface area contributed by atoms with E-state index >= 15 is 0 Å². The summed E-state index contributed by atoms with van der Waals surface area (Å²) in [5.41, 5.74) is 4.42. The molecule has 1 saturated carbocycles. The van der Waals surface area contributed by atoms with Crippen molar-refractivity contribution < 1.29 is 0 Å². The lowest BCUT2D eigenvalue weighted by Gasteiger charge is -2.28. The van der Waals surface area contributed by atoms with E-state index < -0.39 is 0 Å². The SMILES string of the molecule is C1=CC=C2NCCCCCCNC3=CC=CC=CC3=N[C@@H]3CCCC[C@H]3N=C2C=C1. The van der Waals surface area contributed by atoms with Crippen molar-refractivity contribution in [2.75, 3.05) is 13.1 Å². The fraction of sp³-hybridized carbons (Fsp3) is 0.462. The van der Waals surface area contributed by atoms with Gasteiger partial charge in [-0.3, -0.25) is 9.98 Å². The number of aliphatic imine (C=N–C) groups is 2. The molecule has 1 aliphatic heterocycles. The molecule has 30 heavy (non-hydrogen) atoms. The molecule has 0 aromatic heterocycles. The molecule has 4 nitrogen and oxygen atoms in total. The average molecular weight is 403 g/mol. The summed E-state index contributed by atoms with van der Waals surface area (Å²) in [6.45, 7) is 1.99. The Bertz CT molecular complexity index is 765. The minimum Gasteiger partial charge on any atom is -0.383 e. The van der Waals surface area contributed by atoms with Crippen LogP contribution in [0.3, 0.4) is 0 Å². The highest BCUT2D eigenvalue weighted by Crippen LogP contribution is 2.26. The Morgan fingerprint density at radius 3 is 1.57 bits per heavy atom. The first-order chi connectivity index (χ1) is 14.9. The highest BCUT2D eigenvalue weighted by Gasteiger charge is 2.26. The molecule has 0 spiro atoms. The van der Waals surface area contributed by atoms with Crippen LogP contribution < -0.4 is 10.6 Å². The second-order valence-electron chi connectivity index (χ2n) is 8.36. The number of nitrogens with zero attached hydrogens (tertiary/aromatic N) is 2. The summed E-state index contributed by atoms with van der Waals surface area (Å²) < 4.78 is 0. The van der Waals surface area contributed by atoms with Crippen LogP contribution in [0.25, 0.3) is 0 Å². The number of hydrogen-bond acceptors (Lipinski definition) is 4. The van der Waals surface area contributed by atoms with Gasteiger partial charge in [-0.05, 0) is 50.0 Å². The van der Waals surface area contributed by atoms with Crippen LogP contribution >= 0.6 is 0 Å². The molecule has 1 heterocycles. The van der Waals surface area contributed by atoms with Crippen molar-refractivity contribution >= 4 is 11.4 Å². The maximum Gasteiger partial charge on any atom is 0.0810 e. The van der Waals surface area contributed by atoms with Crippen LogP contribution in [-0.2, 0) is 0 Å². The Morgan fingerprint density at radius 2 is 1.07 bits per heavy atom. The lowest BCUT2D eigenvalue weighted by Crippen LogP contribution is -2.31. The predicted molar refractivity (Wildman–Crippen MR) is 128 cm³/mol. The van der Waals surface area contributed by atoms with E-state index in [1.54, 1.807) is 0 Å². The smallest absolute Gasteiger partial charge is 0.0810 e. The molecular weight excluding hydrogens is 368 g/mol. The molecule has 0 unspecified atom stereocenters. The van der Waals surface area contributed by atoms with Gasteiger partial charge in [0.2, 0.25) is 0 Å². The fourth-order valence-electron chi connectivity index (χ4n) is 4.40. The van der Waals surface area contributed by atoms with Gasteiger partial charge in [-0.25, -0.2) is 0 Å². The van der Waals surface area contributed by atoms with E-state index in [1.807, 2.05) is 0 Å². The first-order valence-corrected chi connectivity index (χ1v) is 11.6. The Labute approximate surface area is 181 Å². The molecule has 4 aliphatic rings. The van der Waals surface area contributed by atoms with Crippen LogP contribution in [-0.4, -0.2) is 36.6 Å². The quantitative estimate of drug-likeness (QED) is 0.602. The molecule has 3 aliphatic carbocycles. The summed E-state index contributed by atoms with van der Waals surface area (Å²) in [4.78, 5) is 10.5. The number of fused-ring (bicyclic) bond motifs is 3. The zero-order chi connectivity index (χ0) is 20.4. The van der Waals surface area contributed by atoms with Crippen LogP contribution in [0.5, 0.6) is 0 Å². The predicted octanol–water partition coefficient (Wildman–Crippen LogP) is 4.95. The molecule has 0 aromatic carbocycles. The molecule has 4 rings (SSSR count). The summed E-state index contributed by atoms with van der Waals surface area (Å²) in [6.07, 6.45) is 30.7. The number of rotatable bonds is 0. The van der Waals surface area contributed by atoms with Crippen molar-refractivity contribution in [3.05, 3.63) is 72.2 Å². The van der Waals surface area contributed by atoms with Crippen LogP contribution in [0.4, 0.5) is 0 Å². The van der Waals surface area contributed by atoms with E-state index in [2.05, 4.69) is 71.4 Å². The topological polar surface area (TPSA) is 48.8 Å². The van der Waals surface area contributed by atoms with Crippen molar-refractivity contribution in [2.24, 2.45) is 9.98 Å². The maximum atomic E-state index is 5.24. The molecular formula is C26H34N4. The second-order valence-corrected chi connectivity index (χ2v) is 8.36. The fourth-order valence-corrected chi connectivity index (χ4v) is 4.40. The van der Waals surface area contributed by atoms with Gasteiger partial charge < -0.3 is 10.6 Å². The molecule has 1 fully saturated rings. The molecule has 0 aromatic rings. The lowest BCUT2D eigenvalue weighted by molar-refractivity contribution is 0.388. The molecule has 0 saturated heterocycles. The van der Waals surface area contributed by atoms with E-state index in [-0.39, 0.29) is 12.1 Å². The molecule has 4 heteroatoms. The summed E-state index contributed by atoms with van der Waals surface area (Å²) >= 11 is 0. The zero-order valence-corrected chi connectivity index (χ0v) is 17.9. The Hall–Kier alpha value is -2.62. The summed E-state index contributed by atoms with van der Waals surface area (Å²) in [7, 11) is 0. The van der Waals surface area contributed by atoms with Crippen LogP contribution in [0.1, 0.15) is 51.4 Å².